The van der Waals surface area contributed by atoms with Crippen LogP contribution in [-0.4, -0.2) is 89.3 Å². The van der Waals surface area contributed by atoms with Gasteiger partial charge in [0, 0.05) is 45.2 Å². The lowest BCUT2D eigenvalue weighted by molar-refractivity contribution is -0.179. The van der Waals surface area contributed by atoms with Crippen LogP contribution < -0.4 is 9.64 Å². The number of pyridine rings is 1. The molecule has 0 amide bonds. The smallest absolute Gasteiger partial charge is 0.403 e. The van der Waals surface area contributed by atoms with Gasteiger partial charge in [-0.1, -0.05) is 11.6 Å². The molecule has 0 bridgehead atoms. The molecule has 13 heteroatoms. The molecule has 2 aromatic rings. The van der Waals surface area contributed by atoms with E-state index in [9.17, 15) is 18.0 Å². The highest BCUT2D eigenvalue weighted by atomic mass is 35.5. The third-order valence-electron chi connectivity index (χ3n) is 7.08. The van der Waals surface area contributed by atoms with Gasteiger partial charge in [0.2, 0.25) is 11.8 Å². The van der Waals surface area contributed by atoms with Crippen molar-refractivity contribution in [3.63, 3.8) is 0 Å². The van der Waals surface area contributed by atoms with E-state index in [1.54, 1.807) is 6.07 Å². The average molecular weight is 557 g/mol. The van der Waals surface area contributed by atoms with E-state index in [-0.39, 0.29) is 19.1 Å². The number of likely N-dealkylation sites (tertiary alicyclic amines) is 1. The number of alkyl halides is 3. The van der Waals surface area contributed by atoms with Crippen LogP contribution in [0.3, 0.4) is 0 Å². The Kier molecular flexibility index (Phi) is 9.27. The highest BCUT2D eigenvalue weighted by Crippen LogP contribution is 2.28. The molecule has 2 aliphatic rings. The van der Waals surface area contributed by atoms with Gasteiger partial charge >= 0.3 is 12.1 Å². The summed E-state index contributed by atoms with van der Waals surface area (Å²) in [7, 11) is 1.41. The van der Waals surface area contributed by atoms with Crippen LogP contribution in [0, 0.1) is 5.92 Å². The fraction of sp³-hybridized carbons (Fsp3) is 0.600. The molecular formula is C25H32ClF3N6O3. The van der Waals surface area contributed by atoms with Crippen molar-refractivity contribution >= 4 is 23.5 Å². The summed E-state index contributed by atoms with van der Waals surface area (Å²) in [5.74, 6) is 1.31. The topological polar surface area (TPSA) is 83.9 Å². The Balaban J connectivity index is 1.30. The number of anilines is 1. The Morgan fingerprint density at radius 2 is 1.76 bits per heavy atom. The molecule has 0 spiro atoms. The van der Waals surface area contributed by atoms with Crippen LogP contribution in [0.5, 0.6) is 11.6 Å². The summed E-state index contributed by atoms with van der Waals surface area (Å²) >= 11 is 6.25. The third kappa shape index (κ3) is 7.67. The molecule has 2 saturated heterocycles. The summed E-state index contributed by atoms with van der Waals surface area (Å²) in [6.07, 6.45) is 1.10. The number of halogens is 4. The zero-order valence-electron chi connectivity index (χ0n) is 21.5. The lowest BCUT2D eigenvalue weighted by Gasteiger charge is -2.38. The zero-order valence-corrected chi connectivity index (χ0v) is 22.2. The van der Waals surface area contributed by atoms with Crippen LogP contribution >= 0.6 is 11.6 Å². The van der Waals surface area contributed by atoms with Gasteiger partial charge in [-0.3, -0.25) is 14.6 Å². The van der Waals surface area contributed by atoms with Gasteiger partial charge in [0.1, 0.15) is 11.2 Å². The van der Waals surface area contributed by atoms with E-state index in [2.05, 4.69) is 19.9 Å². The van der Waals surface area contributed by atoms with E-state index in [0.717, 1.165) is 31.5 Å². The largest absolute Gasteiger partial charge is 0.469 e. The van der Waals surface area contributed by atoms with E-state index in [1.165, 1.54) is 31.3 Å². The van der Waals surface area contributed by atoms with Crippen LogP contribution in [0.2, 0.25) is 5.15 Å². The molecule has 208 valence electrons. The molecule has 0 aliphatic carbocycles. The van der Waals surface area contributed by atoms with Gasteiger partial charge in [0.25, 0.3) is 0 Å². The number of piperidine rings is 1. The molecule has 2 fully saturated rings. The monoisotopic (exact) mass is 556 g/mol. The second kappa shape index (κ2) is 12.4. The molecule has 0 N–H and O–H groups in total. The van der Waals surface area contributed by atoms with E-state index in [4.69, 9.17) is 21.1 Å². The first-order valence-electron chi connectivity index (χ1n) is 12.6. The predicted molar refractivity (Wildman–Crippen MR) is 135 cm³/mol. The number of ether oxygens (including phenoxy) is 2. The van der Waals surface area contributed by atoms with Crippen molar-refractivity contribution < 1.29 is 27.4 Å². The van der Waals surface area contributed by atoms with Crippen LogP contribution in [0.4, 0.5) is 19.1 Å². The number of piperazine rings is 1. The Labute approximate surface area is 224 Å². The summed E-state index contributed by atoms with van der Waals surface area (Å²) in [4.78, 5) is 30.0. The van der Waals surface area contributed by atoms with Gasteiger partial charge < -0.3 is 14.4 Å². The molecule has 38 heavy (non-hydrogen) atoms. The number of rotatable bonds is 8. The first-order valence-corrected chi connectivity index (χ1v) is 13.0. The second-order valence-electron chi connectivity index (χ2n) is 9.70. The number of hydrogen-bond donors (Lipinski definition) is 0. The van der Waals surface area contributed by atoms with Crippen molar-refractivity contribution in [3.05, 3.63) is 35.2 Å². The molecule has 1 atom stereocenters. The van der Waals surface area contributed by atoms with Crippen molar-refractivity contribution in [2.24, 2.45) is 5.92 Å². The maximum atomic E-state index is 13.0. The van der Waals surface area contributed by atoms with Crippen LogP contribution in [-0.2, 0) is 16.1 Å². The fourth-order valence-corrected chi connectivity index (χ4v) is 4.98. The Morgan fingerprint density at radius 3 is 2.37 bits per heavy atom. The SMILES string of the molecule is COC(=O)CC1CCN(Cc2cc(Cl)nc(Oc3cnc(N4CCN(C(C)C(F)(F)F)CC4)nc3)c2)CC1. The maximum absolute atomic E-state index is 13.0. The molecule has 2 aliphatic heterocycles. The highest BCUT2D eigenvalue weighted by molar-refractivity contribution is 6.29. The van der Waals surface area contributed by atoms with Crippen LogP contribution in [0.15, 0.2) is 24.5 Å². The van der Waals surface area contributed by atoms with Crippen molar-refractivity contribution in [1.82, 2.24) is 24.8 Å². The first kappa shape index (κ1) is 28.3. The number of carbonyl (C=O) groups is 1. The predicted octanol–water partition coefficient (Wildman–Crippen LogP) is 4.17. The minimum absolute atomic E-state index is 0.165. The fourth-order valence-electron chi connectivity index (χ4n) is 4.75. The summed E-state index contributed by atoms with van der Waals surface area (Å²) in [6.45, 7) is 4.97. The zero-order chi connectivity index (χ0) is 27.3. The molecule has 4 heterocycles. The summed E-state index contributed by atoms with van der Waals surface area (Å²) in [5.41, 5.74) is 0.954. The first-order chi connectivity index (χ1) is 18.1. The third-order valence-corrected chi connectivity index (χ3v) is 7.28. The van der Waals surface area contributed by atoms with E-state index < -0.39 is 12.2 Å². The highest BCUT2D eigenvalue weighted by Gasteiger charge is 2.41. The number of aromatic nitrogens is 3. The van der Waals surface area contributed by atoms with Gasteiger partial charge in [-0.15, -0.1) is 0 Å². The number of esters is 1. The van der Waals surface area contributed by atoms with Crippen molar-refractivity contribution in [3.8, 4) is 11.6 Å². The van der Waals surface area contributed by atoms with Gasteiger partial charge in [0.05, 0.1) is 19.5 Å². The van der Waals surface area contributed by atoms with Gasteiger partial charge in [-0.05, 0) is 50.4 Å². The number of methoxy groups -OCH3 is 1. The number of carbonyl (C=O) groups excluding carboxylic acids is 1. The van der Waals surface area contributed by atoms with Crippen molar-refractivity contribution in [1.29, 1.82) is 0 Å². The van der Waals surface area contributed by atoms with E-state index in [1.807, 2.05) is 11.0 Å². The minimum atomic E-state index is -4.24. The minimum Gasteiger partial charge on any atom is -0.469 e. The van der Waals surface area contributed by atoms with Crippen molar-refractivity contribution in [2.75, 3.05) is 51.3 Å². The number of nitrogens with zero attached hydrogens (tertiary/aromatic N) is 6. The number of hydrogen-bond acceptors (Lipinski definition) is 9. The van der Waals surface area contributed by atoms with Crippen molar-refractivity contribution in [2.45, 2.75) is 44.9 Å². The van der Waals surface area contributed by atoms with Gasteiger partial charge in [-0.2, -0.15) is 13.2 Å². The van der Waals surface area contributed by atoms with E-state index >= 15 is 0 Å². The lowest BCUT2D eigenvalue weighted by atomic mass is 9.93. The molecule has 0 saturated carbocycles. The summed E-state index contributed by atoms with van der Waals surface area (Å²) in [6, 6.07) is 2.14. The van der Waals surface area contributed by atoms with Gasteiger partial charge in [-0.25, -0.2) is 15.0 Å². The lowest BCUT2D eigenvalue weighted by Crippen LogP contribution is -2.54. The van der Waals surface area contributed by atoms with Crippen LogP contribution in [0.25, 0.3) is 0 Å². The molecule has 0 radical (unpaired) electrons. The van der Waals surface area contributed by atoms with Crippen LogP contribution in [0.1, 0.15) is 31.7 Å². The molecule has 9 nitrogen and oxygen atoms in total. The normalized spacial score (nSPS) is 18.8. The molecule has 2 aromatic heterocycles. The summed E-state index contributed by atoms with van der Waals surface area (Å²) < 4.78 is 49.6. The molecule has 1 unspecified atom stereocenters. The molecular weight excluding hydrogens is 525 g/mol. The summed E-state index contributed by atoms with van der Waals surface area (Å²) in [5, 5.41) is 0.307. The quantitative estimate of drug-likeness (QED) is 0.351. The Bertz CT molecular complexity index is 1080. The molecule has 4 rings (SSSR count). The average Bonchev–Trinajstić information content (AvgIpc) is 2.89. The van der Waals surface area contributed by atoms with Gasteiger partial charge in [0.15, 0.2) is 5.75 Å². The van der Waals surface area contributed by atoms with E-state index in [0.29, 0.717) is 54.7 Å². The standard InChI is InChI=1S/C25H32ClF3N6O3/c1-17(25(27,28)29)34-7-9-35(10-8-34)24-30-14-20(15-31-24)38-22-12-19(11-21(26)32-22)16-33-5-3-18(4-6-33)13-23(36)37-2/h11-12,14-15,17-18H,3-10,13,16H2,1-2H3. The Hall–Kier alpha value is -2.70. The second-order valence-corrected chi connectivity index (χ2v) is 10.1. The maximum Gasteiger partial charge on any atom is 0.403 e. The molecule has 0 aromatic carbocycles. The Morgan fingerprint density at radius 1 is 1.11 bits per heavy atom.